The average molecular weight is 713 g/mol. The second-order valence-electron chi connectivity index (χ2n) is 9.79. The van der Waals surface area contributed by atoms with Crippen LogP contribution in [-0.2, 0) is 16.1 Å². The Morgan fingerprint density at radius 1 is 1.20 bits per heavy atom. The predicted octanol–water partition coefficient (Wildman–Crippen LogP) is 5.07. The molecule has 240 valence electrons. The maximum absolute atomic E-state index is 12.4. The Bertz CT molecular complexity index is 1690. The number of aliphatic hydroxyl groups is 1. The summed E-state index contributed by atoms with van der Waals surface area (Å²) in [6.45, 7) is 3.71. The van der Waals surface area contributed by atoms with Crippen LogP contribution in [0, 0.1) is 11.3 Å². The summed E-state index contributed by atoms with van der Waals surface area (Å²) >= 11 is 9.91. The van der Waals surface area contributed by atoms with Gasteiger partial charge in [-0.15, -0.1) is 0 Å². The van der Waals surface area contributed by atoms with Crippen molar-refractivity contribution in [1.82, 2.24) is 16.1 Å². The van der Waals surface area contributed by atoms with Crippen molar-refractivity contribution in [3.05, 3.63) is 97.6 Å². The number of hydrogen-bond donors (Lipinski definition) is 4. The average Bonchev–Trinajstić information content (AvgIpc) is 3.03. The number of ether oxygens (including phenoxy) is 4. The molecule has 4 rings (SSSR count). The van der Waals surface area contributed by atoms with Crippen LogP contribution in [0.25, 0.3) is 0 Å². The normalized spacial score (nSPS) is 15.0. The largest absolute Gasteiger partial charge is 0.490 e. The molecule has 12 nitrogen and oxygen atoms in total. The number of esters is 1. The van der Waals surface area contributed by atoms with Crippen LogP contribution in [0.5, 0.6) is 17.2 Å². The molecule has 3 aromatic carbocycles. The van der Waals surface area contributed by atoms with Crippen LogP contribution in [-0.4, -0.2) is 49.9 Å². The minimum atomic E-state index is -1.19. The van der Waals surface area contributed by atoms with Gasteiger partial charge in [-0.1, -0.05) is 35.9 Å². The number of hydrazone groups is 1. The fourth-order valence-electron chi connectivity index (χ4n) is 4.52. The van der Waals surface area contributed by atoms with Crippen molar-refractivity contribution < 1.29 is 33.6 Å². The number of nitrogens with one attached hydrogen (secondary N) is 3. The first-order chi connectivity index (χ1) is 22.1. The highest BCUT2D eigenvalue weighted by Gasteiger charge is 2.32. The fraction of sp³-hybridized carbons (Fsp3) is 0.250. The number of methoxy groups -OCH3 is 1. The summed E-state index contributed by atoms with van der Waals surface area (Å²) < 4.78 is 22.9. The second kappa shape index (κ2) is 16.0. The zero-order valence-electron chi connectivity index (χ0n) is 25.1. The van der Waals surface area contributed by atoms with Gasteiger partial charge in [0.1, 0.15) is 13.2 Å². The zero-order chi connectivity index (χ0) is 33.2. The lowest BCUT2D eigenvalue weighted by Crippen LogP contribution is -2.45. The lowest BCUT2D eigenvalue weighted by Gasteiger charge is -2.28. The van der Waals surface area contributed by atoms with Gasteiger partial charge in [-0.25, -0.2) is 9.59 Å². The number of carbonyl (C=O) groups excluding carboxylic acids is 2. The van der Waals surface area contributed by atoms with E-state index in [1.165, 1.54) is 13.3 Å². The van der Waals surface area contributed by atoms with Gasteiger partial charge in [0, 0.05) is 11.3 Å². The van der Waals surface area contributed by atoms with Crippen molar-refractivity contribution in [3.63, 3.8) is 0 Å². The summed E-state index contributed by atoms with van der Waals surface area (Å²) in [6.07, 6.45) is 0.281. The third-order valence-electron chi connectivity index (χ3n) is 6.64. The first-order valence-electron chi connectivity index (χ1n) is 14.0. The van der Waals surface area contributed by atoms with E-state index in [1.807, 2.05) is 12.1 Å². The molecule has 2 atom stereocenters. The Kier molecular flexibility index (Phi) is 11.9. The molecular formula is C32H31BrClN5O7. The van der Waals surface area contributed by atoms with E-state index < -0.39 is 24.3 Å². The molecule has 0 bridgehead atoms. The quantitative estimate of drug-likeness (QED) is 0.0820. The highest BCUT2D eigenvalue weighted by atomic mass is 79.9. The molecule has 3 aromatic rings. The van der Waals surface area contributed by atoms with Gasteiger partial charge in [0.15, 0.2) is 23.5 Å². The summed E-state index contributed by atoms with van der Waals surface area (Å²) in [4.78, 5) is 24.6. The molecule has 0 unspecified atom stereocenters. The van der Waals surface area contributed by atoms with Gasteiger partial charge in [0.05, 0.1) is 52.7 Å². The molecule has 4 N–H and O–H groups in total. The van der Waals surface area contributed by atoms with E-state index in [0.29, 0.717) is 55.7 Å². The Hall–Kier alpha value is -4.77. The molecule has 0 aromatic heterocycles. The van der Waals surface area contributed by atoms with Gasteiger partial charge in [0.25, 0.3) is 0 Å². The molecule has 0 saturated heterocycles. The van der Waals surface area contributed by atoms with Crippen LogP contribution >= 0.6 is 27.5 Å². The highest BCUT2D eigenvalue weighted by Crippen LogP contribution is 2.36. The molecule has 1 aliphatic heterocycles. The van der Waals surface area contributed by atoms with Crippen LogP contribution < -0.4 is 30.3 Å². The summed E-state index contributed by atoms with van der Waals surface area (Å²) in [5.74, 6) is 0.516. The van der Waals surface area contributed by atoms with Gasteiger partial charge in [-0.05, 0) is 71.2 Å². The van der Waals surface area contributed by atoms with E-state index in [4.69, 9.17) is 30.5 Å². The second-order valence-corrected chi connectivity index (χ2v) is 11.0. The van der Waals surface area contributed by atoms with Crippen molar-refractivity contribution in [2.45, 2.75) is 32.7 Å². The van der Waals surface area contributed by atoms with Gasteiger partial charge in [0.2, 0.25) is 0 Å². The third kappa shape index (κ3) is 8.48. The van der Waals surface area contributed by atoms with Crippen LogP contribution in [0.4, 0.5) is 4.79 Å². The number of nitriles is 1. The minimum absolute atomic E-state index is 0.164. The maximum atomic E-state index is 12.4. The first-order valence-corrected chi connectivity index (χ1v) is 15.1. The molecule has 0 saturated carbocycles. The van der Waals surface area contributed by atoms with E-state index >= 15 is 0 Å². The molecule has 0 aliphatic carbocycles. The summed E-state index contributed by atoms with van der Waals surface area (Å²) in [5.41, 5.74) is 5.68. The first kappa shape index (κ1) is 34.1. The number of amides is 2. The highest BCUT2D eigenvalue weighted by molar-refractivity contribution is 9.10. The molecule has 1 aliphatic rings. The third-order valence-corrected chi connectivity index (χ3v) is 7.51. The molecule has 0 spiro atoms. The molecule has 0 radical (unpaired) electrons. The van der Waals surface area contributed by atoms with Crippen molar-refractivity contribution in [2.24, 2.45) is 5.10 Å². The Labute approximate surface area is 279 Å². The Morgan fingerprint density at radius 3 is 2.70 bits per heavy atom. The van der Waals surface area contributed by atoms with E-state index in [2.05, 4.69) is 43.2 Å². The van der Waals surface area contributed by atoms with E-state index in [0.717, 1.165) is 5.56 Å². The van der Waals surface area contributed by atoms with Gasteiger partial charge < -0.3 is 34.7 Å². The van der Waals surface area contributed by atoms with Crippen molar-refractivity contribution in [1.29, 1.82) is 5.26 Å². The Balaban J connectivity index is 1.37. The van der Waals surface area contributed by atoms with Gasteiger partial charge >= 0.3 is 12.0 Å². The standard InChI is InChI=1S/C32H31BrClN5O7/c1-4-44-26-13-20(29-28(31(41)43-3)18(2)37-32(42)38-29)9-10-25(26)45-17-27(40)39-36-15-19-11-23(33)30(24(34)12-19)46-16-22-8-6-5-7-21(22)14-35/h5-13,15,27,29,39-40H,4,16-17H2,1-3H3,(H2,37,38,42)/b36-15-/t27-,29+/m0/s1. The van der Waals surface area contributed by atoms with Crippen molar-refractivity contribution in [2.75, 3.05) is 20.3 Å². The number of urea groups is 1. The fourth-order valence-corrected chi connectivity index (χ4v) is 5.51. The van der Waals surface area contributed by atoms with E-state index in [-0.39, 0.29) is 18.8 Å². The molecular weight excluding hydrogens is 682 g/mol. The lowest BCUT2D eigenvalue weighted by molar-refractivity contribution is -0.136. The topological polar surface area (TPSA) is 164 Å². The van der Waals surface area contributed by atoms with E-state index in [9.17, 15) is 20.0 Å². The zero-order valence-corrected chi connectivity index (χ0v) is 27.4. The lowest BCUT2D eigenvalue weighted by atomic mass is 9.95. The number of carbonyl (C=O) groups is 2. The number of rotatable bonds is 13. The van der Waals surface area contributed by atoms with Crippen LogP contribution in [0.1, 0.15) is 42.1 Å². The van der Waals surface area contributed by atoms with Gasteiger partial charge in [-0.2, -0.15) is 10.4 Å². The number of allylic oxidation sites excluding steroid dienone is 1. The van der Waals surface area contributed by atoms with Crippen molar-refractivity contribution in [3.8, 4) is 23.3 Å². The smallest absolute Gasteiger partial charge is 0.337 e. The van der Waals surface area contributed by atoms with Crippen LogP contribution in [0.15, 0.2) is 75.4 Å². The number of nitrogens with zero attached hydrogens (tertiary/aromatic N) is 2. The molecule has 1 heterocycles. The molecule has 46 heavy (non-hydrogen) atoms. The van der Waals surface area contributed by atoms with Crippen LogP contribution in [0.2, 0.25) is 5.02 Å². The SMILES string of the molecule is CCOc1cc([C@H]2NC(=O)NC(C)=C2C(=O)OC)ccc1OC[C@H](O)N/N=C\c1cc(Cl)c(OCc2ccccc2C#N)c(Br)c1. The van der Waals surface area contributed by atoms with Gasteiger partial charge in [-0.3, -0.25) is 5.43 Å². The minimum Gasteiger partial charge on any atom is -0.490 e. The summed E-state index contributed by atoms with van der Waals surface area (Å²) in [6, 6.07) is 16.4. The monoisotopic (exact) mass is 711 g/mol. The van der Waals surface area contributed by atoms with Crippen molar-refractivity contribution >= 4 is 45.7 Å². The molecule has 14 heteroatoms. The van der Waals surface area contributed by atoms with Crippen LogP contribution in [0.3, 0.4) is 0 Å². The number of benzene rings is 3. The maximum Gasteiger partial charge on any atom is 0.337 e. The number of aliphatic hydroxyl groups excluding tert-OH is 1. The van der Waals surface area contributed by atoms with E-state index in [1.54, 1.807) is 56.3 Å². The number of halogens is 2. The summed E-state index contributed by atoms with van der Waals surface area (Å²) in [5, 5.41) is 29.4. The number of hydrogen-bond acceptors (Lipinski definition) is 10. The summed E-state index contributed by atoms with van der Waals surface area (Å²) in [7, 11) is 1.27. The predicted molar refractivity (Wildman–Crippen MR) is 174 cm³/mol. The molecule has 0 fully saturated rings. The molecule has 2 amide bonds. The Morgan fingerprint density at radius 2 is 1.98 bits per heavy atom.